The average molecular weight is 364 g/mol. The Morgan fingerprint density at radius 1 is 1.00 bits per heavy atom. The summed E-state index contributed by atoms with van der Waals surface area (Å²) in [6.07, 6.45) is 0.620. The third-order valence-corrected chi connectivity index (χ3v) is 3.77. The predicted octanol–water partition coefficient (Wildman–Crippen LogP) is -0.856. The van der Waals surface area contributed by atoms with Crippen LogP contribution in [0.1, 0.15) is 6.42 Å². The van der Waals surface area contributed by atoms with Crippen molar-refractivity contribution in [2.75, 3.05) is 52.9 Å². The molecule has 0 unspecified atom stereocenters. The first kappa shape index (κ1) is 20.1. The van der Waals surface area contributed by atoms with Crippen LogP contribution in [0.5, 0.6) is 0 Å². The molecule has 0 bridgehead atoms. The lowest BCUT2D eigenvalue weighted by Gasteiger charge is -2.28. The van der Waals surface area contributed by atoms with Crippen LogP contribution in [-0.4, -0.2) is 82.2 Å². The standard InChI is InChI=1S/C9H22N2O9P2/c12-21(13,14)19-8-11(9-20-22(15,16)17)3-1-2-10-4-6-18-7-5-10/h1-9H2,(H2,12,13,14)(H2,15,16,17). The molecule has 11 nitrogen and oxygen atoms in total. The molecule has 1 heterocycles. The fourth-order valence-corrected chi connectivity index (χ4v) is 2.45. The van der Waals surface area contributed by atoms with Crippen molar-refractivity contribution in [1.82, 2.24) is 9.80 Å². The molecule has 4 N–H and O–H groups in total. The molecule has 22 heavy (non-hydrogen) atoms. The number of hydrogen-bond donors (Lipinski definition) is 4. The second kappa shape index (κ2) is 9.41. The Morgan fingerprint density at radius 2 is 1.50 bits per heavy atom. The Hall–Kier alpha value is 0.1000. The van der Waals surface area contributed by atoms with Crippen LogP contribution >= 0.6 is 15.6 Å². The van der Waals surface area contributed by atoms with Gasteiger partial charge in [0.1, 0.15) is 13.5 Å². The van der Waals surface area contributed by atoms with E-state index in [2.05, 4.69) is 13.9 Å². The highest BCUT2D eigenvalue weighted by molar-refractivity contribution is 7.46. The summed E-state index contributed by atoms with van der Waals surface area (Å²) < 4.78 is 35.2. The lowest BCUT2D eigenvalue weighted by atomic mass is 10.3. The molecule has 1 saturated heterocycles. The van der Waals surface area contributed by atoms with Gasteiger partial charge in [0.2, 0.25) is 0 Å². The van der Waals surface area contributed by atoms with E-state index in [9.17, 15) is 9.13 Å². The minimum atomic E-state index is -4.66. The summed E-state index contributed by atoms with van der Waals surface area (Å²) in [5.41, 5.74) is 0. The molecule has 0 amide bonds. The zero-order chi connectivity index (χ0) is 16.6. The van der Waals surface area contributed by atoms with Crippen LogP contribution < -0.4 is 0 Å². The number of hydrogen-bond acceptors (Lipinski definition) is 7. The quantitative estimate of drug-likeness (QED) is 0.283. The minimum absolute atomic E-state index is 0.303. The first-order chi connectivity index (χ1) is 10.2. The lowest BCUT2D eigenvalue weighted by Crippen LogP contribution is -2.38. The highest BCUT2D eigenvalue weighted by Gasteiger charge is 2.20. The topological polar surface area (TPSA) is 149 Å². The third kappa shape index (κ3) is 10.8. The average Bonchev–Trinajstić information content (AvgIpc) is 2.40. The monoisotopic (exact) mass is 364 g/mol. The van der Waals surface area contributed by atoms with Crippen molar-refractivity contribution in [1.29, 1.82) is 0 Å². The number of morpholine rings is 1. The van der Waals surface area contributed by atoms with Gasteiger partial charge in [0, 0.05) is 19.6 Å². The summed E-state index contributed by atoms with van der Waals surface area (Å²) in [5, 5.41) is 0. The molecular weight excluding hydrogens is 342 g/mol. The Balaban J connectivity index is 2.35. The van der Waals surface area contributed by atoms with E-state index in [1.165, 1.54) is 4.90 Å². The van der Waals surface area contributed by atoms with Gasteiger partial charge < -0.3 is 24.3 Å². The van der Waals surface area contributed by atoms with Crippen molar-refractivity contribution in [3.05, 3.63) is 0 Å². The molecule has 0 aliphatic carbocycles. The summed E-state index contributed by atoms with van der Waals surface area (Å²) >= 11 is 0. The highest BCUT2D eigenvalue weighted by atomic mass is 31.2. The Labute approximate surface area is 128 Å². The van der Waals surface area contributed by atoms with Gasteiger partial charge in [-0.15, -0.1) is 0 Å². The zero-order valence-corrected chi connectivity index (χ0v) is 13.8. The molecule has 13 heteroatoms. The Bertz CT molecular complexity index is 380. The molecule has 0 aromatic carbocycles. The summed E-state index contributed by atoms with van der Waals surface area (Å²) in [6.45, 7) is 2.97. The van der Waals surface area contributed by atoms with Gasteiger partial charge in [-0.1, -0.05) is 0 Å². The molecular formula is C9H22N2O9P2. The van der Waals surface area contributed by atoms with Crippen LogP contribution in [0.2, 0.25) is 0 Å². The molecule has 1 aliphatic rings. The van der Waals surface area contributed by atoms with Gasteiger partial charge in [-0.3, -0.25) is 18.8 Å². The van der Waals surface area contributed by atoms with E-state index >= 15 is 0 Å². The Kier molecular flexibility index (Phi) is 8.62. The van der Waals surface area contributed by atoms with E-state index in [1.54, 1.807) is 0 Å². The van der Waals surface area contributed by atoms with E-state index in [-0.39, 0.29) is 0 Å². The maximum absolute atomic E-state index is 10.7. The number of ether oxygens (including phenoxy) is 1. The summed E-state index contributed by atoms with van der Waals surface area (Å²) in [7, 11) is -9.32. The summed E-state index contributed by atoms with van der Waals surface area (Å²) in [5.74, 6) is 0. The van der Waals surface area contributed by atoms with Crippen LogP contribution in [0.25, 0.3) is 0 Å². The largest absolute Gasteiger partial charge is 0.470 e. The predicted molar refractivity (Wildman–Crippen MR) is 74.6 cm³/mol. The van der Waals surface area contributed by atoms with Crippen LogP contribution in [0, 0.1) is 0 Å². The maximum atomic E-state index is 10.7. The number of phosphoric acid groups is 2. The van der Waals surface area contributed by atoms with Crippen molar-refractivity contribution in [3.63, 3.8) is 0 Å². The first-order valence-electron chi connectivity index (χ1n) is 6.58. The van der Waals surface area contributed by atoms with Crippen LogP contribution in [0.15, 0.2) is 0 Å². The van der Waals surface area contributed by atoms with Gasteiger partial charge in [-0.25, -0.2) is 9.13 Å². The smallest absolute Gasteiger partial charge is 0.379 e. The van der Waals surface area contributed by atoms with Crippen LogP contribution in [0.4, 0.5) is 0 Å². The molecule has 1 aliphatic heterocycles. The van der Waals surface area contributed by atoms with Crippen molar-refractivity contribution >= 4 is 15.6 Å². The SMILES string of the molecule is O=P(O)(O)OCN(CCCN1CCOCC1)COP(=O)(O)O. The number of phosphoric ester groups is 2. The van der Waals surface area contributed by atoms with Gasteiger partial charge in [0.25, 0.3) is 0 Å². The van der Waals surface area contributed by atoms with Gasteiger partial charge in [-0.2, -0.15) is 0 Å². The first-order valence-corrected chi connectivity index (χ1v) is 9.64. The molecule has 132 valence electrons. The van der Waals surface area contributed by atoms with Gasteiger partial charge >= 0.3 is 15.6 Å². The Morgan fingerprint density at radius 3 is 1.95 bits per heavy atom. The molecule has 0 spiro atoms. The van der Waals surface area contributed by atoms with Gasteiger partial charge in [0.05, 0.1) is 13.2 Å². The van der Waals surface area contributed by atoms with Crippen molar-refractivity contribution in [2.24, 2.45) is 0 Å². The van der Waals surface area contributed by atoms with E-state index in [4.69, 9.17) is 24.3 Å². The lowest BCUT2D eigenvalue weighted by molar-refractivity contribution is 0.0148. The third-order valence-electron chi connectivity index (χ3n) is 2.87. The summed E-state index contributed by atoms with van der Waals surface area (Å²) in [6, 6.07) is 0. The second-order valence-electron chi connectivity index (χ2n) is 4.70. The van der Waals surface area contributed by atoms with Crippen molar-refractivity contribution in [2.45, 2.75) is 6.42 Å². The van der Waals surface area contributed by atoms with Gasteiger partial charge in [-0.05, 0) is 13.0 Å². The number of nitrogens with zero attached hydrogens (tertiary/aromatic N) is 2. The second-order valence-corrected chi connectivity index (χ2v) is 7.18. The number of rotatable bonds is 10. The fraction of sp³-hybridized carbons (Fsp3) is 1.00. The van der Waals surface area contributed by atoms with Gasteiger partial charge in [0.15, 0.2) is 0 Å². The molecule has 0 saturated carbocycles. The van der Waals surface area contributed by atoms with E-state index in [0.29, 0.717) is 26.2 Å². The summed E-state index contributed by atoms with van der Waals surface area (Å²) in [4.78, 5) is 38.1. The van der Waals surface area contributed by atoms with E-state index in [1.807, 2.05) is 0 Å². The highest BCUT2D eigenvalue weighted by Crippen LogP contribution is 2.37. The molecule has 1 fully saturated rings. The van der Waals surface area contributed by atoms with E-state index < -0.39 is 29.1 Å². The zero-order valence-electron chi connectivity index (χ0n) is 12.0. The molecule has 1 rings (SSSR count). The molecule has 0 atom stereocenters. The molecule has 0 aromatic heterocycles. The normalized spacial score (nSPS) is 18.0. The van der Waals surface area contributed by atoms with E-state index in [0.717, 1.165) is 19.6 Å². The minimum Gasteiger partial charge on any atom is -0.379 e. The van der Waals surface area contributed by atoms with Crippen molar-refractivity contribution < 1.29 is 42.5 Å². The molecule has 0 radical (unpaired) electrons. The fourth-order valence-electron chi connectivity index (χ4n) is 1.82. The van der Waals surface area contributed by atoms with Crippen LogP contribution in [-0.2, 0) is 22.9 Å². The van der Waals surface area contributed by atoms with Crippen LogP contribution in [0.3, 0.4) is 0 Å². The molecule has 0 aromatic rings. The van der Waals surface area contributed by atoms with Crippen molar-refractivity contribution in [3.8, 4) is 0 Å². The maximum Gasteiger partial charge on any atom is 0.470 e.